The molecule has 1 saturated heterocycles. The highest BCUT2D eigenvalue weighted by molar-refractivity contribution is 9.09. The molecule has 0 aliphatic carbocycles. The molecule has 3 heteroatoms. The first kappa shape index (κ1) is 7.51. The first-order chi connectivity index (χ1) is 4.43. The summed E-state index contributed by atoms with van der Waals surface area (Å²) in [6.45, 7) is 5.18. The first-order valence-corrected chi connectivity index (χ1v) is 4.41. The third-order valence-corrected chi connectivity index (χ3v) is 1.86. The minimum atomic E-state index is 0. The molecule has 9 heavy (non-hydrogen) atoms. The maximum Gasteiger partial charge on any atom is 0.0594 e. The van der Waals surface area contributed by atoms with Gasteiger partial charge in [0, 0.05) is 26.4 Å². The zero-order valence-electron chi connectivity index (χ0n) is 5.48. The molecule has 0 bridgehead atoms. The molecule has 0 aromatic heterocycles. The molecule has 1 rings (SSSR count). The summed E-state index contributed by atoms with van der Waals surface area (Å²) in [6, 6.07) is 0. The number of hydrogen-bond acceptors (Lipinski definition) is 2. The Balaban J connectivity index is 0.000000810. The molecular formula is C6H14BrNO. The smallest absolute Gasteiger partial charge is 0.0594 e. The van der Waals surface area contributed by atoms with Crippen LogP contribution in [0.1, 0.15) is 1.43 Å². The fourth-order valence-electron chi connectivity index (χ4n) is 0.944. The number of alkyl halides is 1. The van der Waals surface area contributed by atoms with Gasteiger partial charge in [-0.15, -0.1) is 0 Å². The number of morpholine rings is 1. The second-order valence-electron chi connectivity index (χ2n) is 2.14. The van der Waals surface area contributed by atoms with Crippen molar-refractivity contribution in [3.63, 3.8) is 0 Å². The zero-order chi connectivity index (χ0) is 6.53. The van der Waals surface area contributed by atoms with Crippen molar-refractivity contribution in [1.82, 2.24) is 4.90 Å². The summed E-state index contributed by atoms with van der Waals surface area (Å²) in [7, 11) is 0. The van der Waals surface area contributed by atoms with Gasteiger partial charge in [0.25, 0.3) is 0 Å². The van der Waals surface area contributed by atoms with Gasteiger partial charge in [0.05, 0.1) is 13.2 Å². The number of ether oxygens (including phenoxy) is 1. The molecule has 0 saturated carbocycles. The summed E-state index contributed by atoms with van der Waals surface area (Å²) in [5.74, 6) is 0. The molecule has 0 radical (unpaired) electrons. The Labute approximate surface area is 65.8 Å². The second-order valence-corrected chi connectivity index (χ2v) is 2.94. The van der Waals surface area contributed by atoms with Gasteiger partial charge in [-0.25, -0.2) is 0 Å². The highest BCUT2D eigenvalue weighted by atomic mass is 79.9. The molecule has 1 fully saturated rings. The Bertz CT molecular complexity index is 75.4. The van der Waals surface area contributed by atoms with Gasteiger partial charge in [-0.1, -0.05) is 15.9 Å². The summed E-state index contributed by atoms with van der Waals surface area (Å²) in [4.78, 5) is 2.40. The van der Waals surface area contributed by atoms with Crippen LogP contribution in [0.3, 0.4) is 0 Å². The maximum atomic E-state index is 5.19. The molecular weight excluding hydrogens is 182 g/mol. The minimum Gasteiger partial charge on any atom is -0.379 e. The van der Waals surface area contributed by atoms with E-state index in [0.717, 1.165) is 38.2 Å². The summed E-state index contributed by atoms with van der Waals surface area (Å²) in [5, 5.41) is 1.08. The first-order valence-electron chi connectivity index (χ1n) is 3.29. The van der Waals surface area contributed by atoms with E-state index in [0.29, 0.717) is 0 Å². The van der Waals surface area contributed by atoms with Gasteiger partial charge < -0.3 is 4.74 Å². The van der Waals surface area contributed by atoms with Crippen LogP contribution in [0.5, 0.6) is 0 Å². The van der Waals surface area contributed by atoms with Gasteiger partial charge in [0.2, 0.25) is 0 Å². The van der Waals surface area contributed by atoms with Gasteiger partial charge in [0.15, 0.2) is 0 Å². The molecule has 0 amide bonds. The molecule has 0 unspecified atom stereocenters. The summed E-state index contributed by atoms with van der Waals surface area (Å²) in [6.07, 6.45) is 0. The Kier molecular flexibility index (Phi) is 3.55. The van der Waals surface area contributed by atoms with E-state index in [1.807, 2.05) is 0 Å². The van der Waals surface area contributed by atoms with Crippen LogP contribution >= 0.6 is 15.9 Å². The zero-order valence-corrected chi connectivity index (χ0v) is 7.06. The van der Waals surface area contributed by atoms with Gasteiger partial charge >= 0.3 is 0 Å². The van der Waals surface area contributed by atoms with E-state index < -0.39 is 0 Å². The lowest BCUT2D eigenvalue weighted by Crippen LogP contribution is -2.37. The predicted molar refractivity (Wildman–Crippen MR) is 43.2 cm³/mol. The van der Waals surface area contributed by atoms with Crippen molar-refractivity contribution in [3.05, 3.63) is 0 Å². The van der Waals surface area contributed by atoms with E-state index in [1.54, 1.807) is 0 Å². The average Bonchev–Trinajstić information content (AvgIpc) is 1.91. The molecule has 0 aromatic carbocycles. The van der Waals surface area contributed by atoms with Crippen LogP contribution < -0.4 is 0 Å². The lowest BCUT2D eigenvalue weighted by Gasteiger charge is -2.25. The molecule has 0 N–H and O–H groups in total. The Hall–Kier alpha value is 0.400. The van der Waals surface area contributed by atoms with Crippen LogP contribution in [-0.4, -0.2) is 43.1 Å². The fourth-order valence-corrected chi connectivity index (χ4v) is 1.45. The summed E-state index contributed by atoms with van der Waals surface area (Å²) in [5.41, 5.74) is 0. The van der Waals surface area contributed by atoms with Crippen molar-refractivity contribution in [3.8, 4) is 0 Å². The SMILES string of the molecule is BrCCN1CCOCC1.[HH]. The van der Waals surface area contributed by atoms with Crippen molar-refractivity contribution < 1.29 is 6.16 Å². The van der Waals surface area contributed by atoms with Crippen molar-refractivity contribution >= 4 is 15.9 Å². The van der Waals surface area contributed by atoms with Gasteiger partial charge in [-0.05, 0) is 0 Å². The maximum absolute atomic E-state index is 5.19. The standard InChI is InChI=1S/C6H12BrNO.H2/c7-1-2-8-3-5-9-6-4-8;/h1-6H2;1H. The molecule has 56 valence electrons. The highest BCUT2D eigenvalue weighted by Gasteiger charge is 2.07. The Morgan fingerprint density at radius 2 is 2.11 bits per heavy atom. The highest BCUT2D eigenvalue weighted by Crippen LogP contribution is 1.96. The van der Waals surface area contributed by atoms with E-state index in [9.17, 15) is 0 Å². The minimum absolute atomic E-state index is 0. The molecule has 1 aliphatic rings. The summed E-state index contributed by atoms with van der Waals surface area (Å²) >= 11 is 3.40. The van der Waals surface area contributed by atoms with Crippen LogP contribution in [0.2, 0.25) is 0 Å². The fraction of sp³-hybridized carbons (Fsp3) is 1.00. The van der Waals surface area contributed by atoms with Gasteiger partial charge in [-0.3, -0.25) is 4.90 Å². The van der Waals surface area contributed by atoms with E-state index in [-0.39, 0.29) is 1.43 Å². The van der Waals surface area contributed by atoms with E-state index in [4.69, 9.17) is 4.74 Å². The average molecular weight is 196 g/mol. The normalized spacial score (nSPS) is 22.3. The quantitative estimate of drug-likeness (QED) is 0.610. The monoisotopic (exact) mass is 195 g/mol. The summed E-state index contributed by atoms with van der Waals surface area (Å²) < 4.78 is 5.19. The number of nitrogens with zero attached hydrogens (tertiary/aromatic N) is 1. The number of halogens is 1. The van der Waals surface area contributed by atoms with Crippen LogP contribution in [-0.2, 0) is 4.74 Å². The van der Waals surface area contributed by atoms with Crippen molar-refractivity contribution in [2.75, 3.05) is 38.2 Å². The topological polar surface area (TPSA) is 12.5 Å². The molecule has 0 atom stereocenters. The van der Waals surface area contributed by atoms with Gasteiger partial charge in [-0.2, -0.15) is 0 Å². The predicted octanol–water partition coefficient (Wildman–Crippen LogP) is 0.960. The van der Waals surface area contributed by atoms with Crippen LogP contribution in [0.4, 0.5) is 0 Å². The third-order valence-electron chi connectivity index (χ3n) is 1.50. The van der Waals surface area contributed by atoms with Gasteiger partial charge in [0.1, 0.15) is 0 Å². The van der Waals surface area contributed by atoms with E-state index in [1.165, 1.54) is 0 Å². The second kappa shape index (κ2) is 4.25. The molecule has 1 heterocycles. The molecule has 2 nitrogen and oxygen atoms in total. The lowest BCUT2D eigenvalue weighted by molar-refractivity contribution is 0.0411. The molecule has 1 aliphatic heterocycles. The van der Waals surface area contributed by atoms with E-state index in [2.05, 4.69) is 20.8 Å². The number of hydrogen-bond donors (Lipinski definition) is 0. The van der Waals surface area contributed by atoms with Crippen LogP contribution in [0.25, 0.3) is 0 Å². The third kappa shape index (κ3) is 2.65. The van der Waals surface area contributed by atoms with Crippen LogP contribution in [0.15, 0.2) is 0 Å². The Morgan fingerprint density at radius 3 is 2.67 bits per heavy atom. The van der Waals surface area contributed by atoms with Crippen LogP contribution in [0, 0.1) is 0 Å². The molecule has 0 aromatic rings. The van der Waals surface area contributed by atoms with E-state index >= 15 is 0 Å². The van der Waals surface area contributed by atoms with Crippen molar-refractivity contribution in [2.24, 2.45) is 0 Å². The van der Waals surface area contributed by atoms with Crippen molar-refractivity contribution in [2.45, 2.75) is 0 Å². The number of rotatable bonds is 2. The molecule has 0 spiro atoms. The largest absolute Gasteiger partial charge is 0.379 e. The Morgan fingerprint density at radius 1 is 1.44 bits per heavy atom. The van der Waals surface area contributed by atoms with Crippen molar-refractivity contribution in [1.29, 1.82) is 0 Å². The lowest BCUT2D eigenvalue weighted by atomic mass is 10.4.